The minimum absolute atomic E-state index is 0.169. The molecule has 5 nitrogen and oxygen atoms in total. The van der Waals surface area contributed by atoms with Crippen LogP contribution < -0.4 is 10.7 Å². The summed E-state index contributed by atoms with van der Waals surface area (Å²) in [5.41, 5.74) is 3.84. The lowest BCUT2D eigenvalue weighted by Crippen LogP contribution is -2.48. The van der Waals surface area contributed by atoms with E-state index in [0.29, 0.717) is 6.54 Å². The third kappa shape index (κ3) is 3.88. The molecule has 0 fully saturated rings. The number of nitrogens with one attached hydrogen (secondary N) is 2. The highest BCUT2D eigenvalue weighted by molar-refractivity contribution is 5.73. The fourth-order valence-electron chi connectivity index (χ4n) is 1.61. The van der Waals surface area contributed by atoms with Gasteiger partial charge in [0.2, 0.25) is 0 Å². The first-order chi connectivity index (χ1) is 8.34. The predicted molar refractivity (Wildman–Crippen MR) is 64.9 cm³/mol. The molecule has 90 valence electrons. The zero-order valence-corrected chi connectivity index (χ0v) is 9.60. The summed E-state index contributed by atoms with van der Waals surface area (Å²) in [5.74, 6) is 0. The van der Waals surface area contributed by atoms with E-state index < -0.39 is 0 Å². The molecule has 0 saturated heterocycles. The summed E-state index contributed by atoms with van der Waals surface area (Å²) in [5, 5.41) is 4.69. The van der Waals surface area contributed by atoms with Crippen LogP contribution in [0, 0.1) is 0 Å². The monoisotopic (exact) mass is 232 g/mol. The molecule has 0 bridgehead atoms. The summed E-state index contributed by atoms with van der Waals surface area (Å²) >= 11 is 0. The van der Waals surface area contributed by atoms with Gasteiger partial charge in [0.05, 0.1) is 0 Å². The number of rotatable bonds is 3. The number of pyridine rings is 1. The number of carbonyl (C=O) groups excluding carboxylic acids is 1. The number of hydrogen-bond acceptors (Lipinski definition) is 3. The summed E-state index contributed by atoms with van der Waals surface area (Å²) in [7, 11) is 0. The van der Waals surface area contributed by atoms with Crippen molar-refractivity contribution in [3.8, 4) is 0 Å². The Morgan fingerprint density at radius 3 is 2.88 bits per heavy atom. The van der Waals surface area contributed by atoms with E-state index in [9.17, 15) is 4.79 Å². The number of carbonyl (C=O) groups is 1. The van der Waals surface area contributed by atoms with Gasteiger partial charge >= 0.3 is 6.03 Å². The van der Waals surface area contributed by atoms with Crippen LogP contribution in [-0.2, 0) is 6.54 Å². The molecular weight excluding hydrogens is 216 g/mol. The summed E-state index contributed by atoms with van der Waals surface area (Å²) in [4.78, 5) is 15.5. The van der Waals surface area contributed by atoms with E-state index in [1.54, 1.807) is 12.4 Å². The predicted octanol–water partition coefficient (Wildman–Crippen LogP) is 1.06. The van der Waals surface area contributed by atoms with Crippen LogP contribution in [0.5, 0.6) is 0 Å². The molecule has 17 heavy (non-hydrogen) atoms. The molecule has 0 aliphatic carbocycles. The molecule has 2 rings (SSSR count). The summed E-state index contributed by atoms with van der Waals surface area (Å²) in [6.07, 6.45) is 8.57. The summed E-state index contributed by atoms with van der Waals surface area (Å²) in [6.45, 7) is 2.14. The molecule has 1 aliphatic heterocycles. The molecule has 1 aromatic rings. The van der Waals surface area contributed by atoms with Crippen molar-refractivity contribution in [1.82, 2.24) is 20.7 Å². The number of aromatic nitrogens is 1. The van der Waals surface area contributed by atoms with Crippen molar-refractivity contribution >= 4 is 6.03 Å². The first-order valence-electron chi connectivity index (χ1n) is 5.68. The van der Waals surface area contributed by atoms with Crippen LogP contribution in [0.25, 0.3) is 0 Å². The van der Waals surface area contributed by atoms with Crippen LogP contribution in [0.1, 0.15) is 12.0 Å². The van der Waals surface area contributed by atoms with E-state index in [4.69, 9.17) is 0 Å². The molecule has 0 unspecified atom stereocenters. The van der Waals surface area contributed by atoms with Crippen molar-refractivity contribution in [2.45, 2.75) is 13.0 Å². The van der Waals surface area contributed by atoms with Gasteiger partial charge in [-0.2, -0.15) is 0 Å². The average molecular weight is 232 g/mol. The third-order valence-electron chi connectivity index (χ3n) is 2.52. The normalized spacial score (nSPS) is 15.5. The lowest BCUT2D eigenvalue weighted by atomic mass is 10.3. The Morgan fingerprint density at radius 2 is 2.18 bits per heavy atom. The van der Waals surface area contributed by atoms with Crippen molar-refractivity contribution in [2.24, 2.45) is 0 Å². The second kappa shape index (κ2) is 6.00. The minimum Gasteiger partial charge on any atom is -0.333 e. The molecule has 1 aromatic heterocycles. The topological polar surface area (TPSA) is 57.3 Å². The van der Waals surface area contributed by atoms with Gasteiger partial charge in [-0.3, -0.25) is 10.4 Å². The Labute approximate surface area is 101 Å². The van der Waals surface area contributed by atoms with Gasteiger partial charge in [0, 0.05) is 32.0 Å². The van der Waals surface area contributed by atoms with E-state index in [2.05, 4.69) is 21.8 Å². The number of hydrogen-bond donors (Lipinski definition) is 2. The van der Waals surface area contributed by atoms with Gasteiger partial charge in [0.1, 0.15) is 0 Å². The van der Waals surface area contributed by atoms with Crippen molar-refractivity contribution < 1.29 is 4.79 Å². The van der Waals surface area contributed by atoms with Gasteiger partial charge < -0.3 is 5.32 Å². The minimum atomic E-state index is -0.169. The highest BCUT2D eigenvalue weighted by atomic mass is 16.2. The molecular formula is C12H16N4O. The third-order valence-corrected chi connectivity index (χ3v) is 2.52. The SMILES string of the molecule is O=C(NCc1ccncc1)NN1CC=CCC1. The molecule has 2 heterocycles. The Balaban J connectivity index is 1.72. The first kappa shape index (κ1) is 11.6. The highest BCUT2D eigenvalue weighted by Crippen LogP contribution is 1.98. The maximum atomic E-state index is 11.6. The van der Waals surface area contributed by atoms with E-state index in [1.807, 2.05) is 23.2 Å². The Bertz CT molecular complexity index is 391. The summed E-state index contributed by atoms with van der Waals surface area (Å²) in [6, 6.07) is 3.59. The number of urea groups is 1. The maximum absolute atomic E-state index is 11.6. The molecule has 1 aliphatic rings. The van der Waals surface area contributed by atoms with Crippen LogP contribution in [0.2, 0.25) is 0 Å². The standard InChI is InChI=1S/C12H16N4O/c17-12(15-16-8-2-1-3-9-16)14-10-11-4-6-13-7-5-11/h1-2,4-7H,3,8-10H2,(H2,14,15,17). The van der Waals surface area contributed by atoms with Crippen molar-refractivity contribution in [1.29, 1.82) is 0 Å². The molecule has 0 atom stereocenters. The molecule has 0 aromatic carbocycles. The van der Waals surface area contributed by atoms with Crippen LogP contribution in [0.4, 0.5) is 4.79 Å². The van der Waals surface area contributed by atoms with Gasteiger partial charge in [0.25, 0.3) is 0 Å². The summed E-state index contributed by atoms with van der Waals surface area (Å²) < 4.78 is 0. The average Bonchev–Trinajstić information content (AvgIpc) is 2.39. The maximum Gasteiger partial charge on any atom is 0.329 e. The fourth-order valence-corrected chi connectivity index (χ4v) is 1.61. The number of hydrazine groups is 1. The van der Waals surface area contributed by atoms with Gasteiger partial charge in [-0.15, -0.1) is 0 Å². The molecule has 5 heteroatoms. The van der Waals surface area contributed by atoms with Crippen molar-refractivity contribution in [3.05, 3.63) is 42.2 Å². The lowest BCUT2D eigenvalue weighted by Gasteiger charge is -2.23. The number of nitrogens with zero attached hydrogens (tertiary/aromatic N) is 2. The van der Waals surface area contributed by atoms with Crippen LogP contribution in [-0.4, -0.2) is 29.1 Å². The Kier molecular flexibility index (Phi) is 4.10. The second-order valence-electron chi connectivity index (χ2n) is 3.86. The van der Waals surface area contributed by atoms with Crippen molar-refractivity contribution in [2.75, 3.05) is 13.1 Å². The fraction of sp³-hybridized carbons (Fsp3) is 0.333. The van der Waals surface area contributed by atoms with Gasteiger partial charge in [-0.25, -0.2) is 9.80 Å². The largest absolute Gasteiger partial charge is 0.333 e. The van der Waals surface area contributed by atoms with Crippen LogP contribution in [0.3, 0.4) is 0 Å². The Hall–Kier alpha value is -1.88. The van der Waals surface area contributed by atoms with Gasteiger partial charge in [0.15, 0.2) is 0 Å². The zero-order valence-electron chi connectivity index (χ0n) is 9.60. The molecule has 0 radical (unpaired) electrons. The van der Waals surface area contributed by atoms with E-state index in [-0.39, 0.29) is 6.03 Å². The van der Waals surface area contributed by atoms with Crippen molar-refractivity contribution in [3.63, 3.8) is 0 Å². The molecule has 2 amide bonds. The number of amides is 2. The smallest absolute Gasteiger partial charge is 0.329 e. The van der Waals surface area contributed by atoms with E-state index in [1.165, 1.54) is 0 Å². The van der Waals surface area contributed by atoms with Crippen LogP contribution in [0.15, 0.2) is 36.7 Å². The second-order valence-corrected chi connectivity index (χ2v) is 3.86. The van der Waals surface area contributed by atoms with Gasteiger partial charge in [-0.1, -0.05) is 12.2 Å². The van der Waals surface area contributed by atoms with E-state index in [0.717, 1.165) is 25.1 Å². The first-order valence-corrected chi connectivity index (χ1v) is 5.68. The molecule has 2 N–H and O–H groups in total. The highest BCUT2D eigenvalue weighted by Gasteiger charge is 2.08. The van der Waals surface area contributed by atoms with Gasteiger partial charge in [-0.05, 0) is 24.1 Å². The van der Waals surface area contributed by atoms with Crippen LogP contribution >= 0.6 is 0 Å². The lowest BCUT2D eigenvalue weighted by molar-refractivity contribution is 0.185. The molecule has 0 saturated carbocycles. The van der Waals surface area contributed by atoms with E-state index >= 15 is 0 Å². The zero-order chi connectivity index (χ0) is 11.9. The quantitative estimate of drug-likeness (QED) is 0.766. The Morgan fingerprint density at radius 1 is 1.35 bits per heavy atom. The molecule has 0 spiro atoms.